The zero-order chi connectivity index (χ0) is 17.3. The number of hydrogen-bond donors (Lipinski definition) is 2. The average molecular weight is 349 g/mol. The molecule has 128 valence electrons. The monoisotopic (exact) mass is 349 g/mol. The fourth-order valence-electron chi connectivity index (χ4n) is 2.72. The van der Waals surface area contributed by atoms with E-state index < -0.39 is 5.91 Å². The number of nitrogens with two attached hydrogens (primary N) is 1. The van der Waals surface area contributed by atoms with Crippen LogP contribution in [0.4, 0.5) is 0 Å². The smallest absolute Gasteiger partial charge is 0.269 e. The van der Waals surface area contributed by atoms with Crippen LogP contribution in [0.25, 0.3) is 0 Å². The highest BCUT2D eigenvalue weighted by atomic mass is 32.2. The Bertz CT molecular complexity index is 782. The van der Waals surface area contributed by atoms with Gasteiger partial charge in [-0.3, -0.25) is 19.4 Å². The minimum Gasteiger partial charge on any atom is -0.364 e. The first-order chi connectivity index (χ1) is 11.5. The predicted molar refractivity (Wildman–Crippen MR) is 87.3 cm³/mol. The van der Waals surface area contributed by atoms with Gasteiger partial charge in [0.15, 0.2) is 5.69 Å². The normalized spacial score (nSPS) is 13.8. The summed E-state index contributed by atoms with van der Waals surface area (Å²) in [6.07, 6.45) is 1.43. The number of aromatic amines is 1. The largest absolute Gasteiger partial charge is 0.364 e. The average Bonchev–Trinajstić information content (AvgIpc) is 3.17. The van der Waals surface area contributed by atoms with E-state index in [4.69, 9.17) is 5.73 Å². The fraction of sp³-hybridized carbons (Fsp3) is 0.500. The van der Waals surface area contributed by atoms with Crippen LogP contribution in [0.5, 0.6) is 0 Å². The highest BCUT2D eigenvalue weighted by Gasteiger charge is 2.28. The molecule has 0 radical (unpaired) electrons. The molecular formula is C14H19N7O2S. The Morgan fingerprint density at radius 1 is 1.42 bits per heavy atom. The highest BCUT2D eigenvalue weighted by Crippen LogP contribution is 2.23. The topological polar surface area (TPSA) is 123 Å². The number of aryl methyl sites for hydroxylation is 2. The van der Waals surface area contributed by atoms with Crippen LogP contribution in [-0.2, 0) is 31.2 Å². The molecule has 1 aliphatic rings. The van der Waals surface area contributed by atoms with Crippen molar-refractivity contribution in [2.75, 3.05) is 12.3 Å². The van der Waals surface area contributed by atoms with Crippen LogP contribution in [-0.4, -0.2) is 54.0 Å². The van der Waals surface area contributed by atoms with Gasteiger partial charge in [-0.25, -0.2) is 4.98 Å². The number of rotatable bonds is 5. The molecule has 1 aliphatic heterocycles. The van der Waals surface area contributed by atoms with Crippen LogP contribution in [0.3, 0.4) is 0 Å². The first-order valence-corrected chi connectivity index (χ1v) is 8.64. The summed E-state index contributed by atoms with van der Waals surface area (Å²) in [4.78, 5) is 30.0. The van der Waals surface area contributed by atoms with E-state index in [2.05, 4.69) is 20.3 Å². The highest BCUT2D eigenvalue weighted by molar-refractivity contribution is 7.99. The molecule has 24 heavy (non-hydrogen) atoms. The third-order valence-corrected chi connectivity index (χ3v) is 4.83. The lowest BCUT2D eigenvalue weighted by Gasteiger charge is -2.27. The molecule has 0 aliphatic carbocycles. The van der Waals surface area contributed by atoms with Gasteiger partial charge in [0.1, 0.15) is 5.82 Å². The van der Waals surface area contributed by atoms with Gasteiger partial charge in [0, 0.05) is 44.2 Å². The molecule has 0 spiro atoms. The van der Waals surface area contributed by atoms with Crippen LogP contribution < -0.4 is 5.73 Å². The van der Waals surface area contributed by atoms with Crippen molar-refractivity contribution >= 4 is 23.6 Å². The summed E-state index contributed by atoms with van der Waals surface area (Å²) in [5.41, 5.74) is 7.34. The number of fused-ring (bicyclic) bond motifs is 1. The molecule has 0 saturated heterocycles. The van der Waals surface area contributed by atoms with Gasteiger partial charge in [-0.1, -0.05) is 18.7 Å². The molecule has 3 rings (SSSR count). The van der Waals surface area contributed by atoms with Crippen molar-refractivity contribution < 1.29 is 9.59 Å². The molecule has 2 aromatic rings. The van der Waals surface area contributed by atoms with Gasteiger partial charge in [0.2, 0.25) is 11.1 Å². The molecule has 9 nitrogen and oxygen atoms in total. The van der Waals surface area contributed by atoms with Crippen molar-refractivity contribution in [2.45, 2.75) is 31.5 Å². The van der Waals surface area contributed by atoms with E-state index in [0.29, 0.717) is 24.7 Å². The minimum atomic E-state index is -0.566. The molecule has 2 aromatic heterocycles. The number of thioether (sulfide) groups is 1. The molecular weight excluding hydrogens is 330 g/mol. The van der Waals surface area contributed by atoms with Gasteiger partial charge >= 0.3 is 0 Å². The van der Waals surface area contributed by atoms with Gasteiger partial charge in [-0.15, -0.1) is 5.10 Å². The SMILES string of the molecule is CCc1nc(SCC(=O)N2CCc3c(c(C(N)=O)nn3C)C2)n[nH]1. The lowest BCUT2D eigenvalue weighted by Crippen LogP contribution is -2.38. The Hall–Kier alpha value is -2.36. The third-order valence-electron chi connectivity index (χ3n) is 4.00. The van der Waals surface area contributed by atoms with Crippen molar-refractivity contribution in [1.29, 1.82) is 0 Å². The predicted octanol–water partition coefficient (Wildman–Crippen LogP) is -0.123. The Balaban J connectivity index is 1.66. The quantitative estimate of drug-likeness (QED) is 0.725. The summed E-state index contributed by atoms with van der Waals surface area (Å²) in [6.45, 7) is 2.93. The number of carbonyl (C=O) groups is 2. The zero-order valence-corrected chi connectivity index (χ0v) is 14.4. The van der Waals surface area contributed by atoms with Crippen molar-refractivity contribution in [2.24, 2.45) is 12.8 Å². The molecule has 0 fully saturated rings. The van der Waals surface area contributed by atoms with E-state index in [1.807, 2.05) is 6.92 Å². The lowest BCUT2D eigenvalue weighted by molar-refractivity contribution is -0.129. The summed E-state index contributed by atoms with van der Waals surface area (Å²) in [6, 6.07) is 0. The van der Waals surface area contributed by atoms with E-state index in [1.165, 1.54) is 11.8 Å². The Labute approximate surface area is 143 Å². The maximum atomic E-state index is 12.4. The van der Waals surface area contributed by atoms with E-state index >= 15 is 0 Å². The number of carbonyl (C=O) groups excluding carboxylic acids is 2. The molecule has 0 saturated carbocycles. The van der Waals surface area contributed by atoms with Gasteiger partial charge < -0.3 is 10.6 Å². The summed E-state index contributed by atoms with van der Waals surface area (Å²) in [5, 5.41) is 11.6. The van der Waals surface area contributed by atoms with Crippen LogP contribution >= 0.6 is 11.8 Å². The number of aromatic nitrogens is 5. The van der Waals surface area contributed by atoms with Crippen LogP contribution in [0.1, 0.15) is 34.5 Å². The van der Waals surface area contributed by atoms with Crippen molar-refractivity contribution in [3.05, 3.63) is 22.8 Å². The number of primary amides is 1. The number of amides is 2. The van der Waals surface area contributed by atoms with E-state index in [1.54, 1.807) is 16.6 Å². The first-order valence-electron chi connectivity index (χ1n) is 7.66. The van der Waals surface area contributed by atoms with Crippen LogP contribution in [0, 0.1) is 0 Å². The Morgan fingerprint density at radius 3 is 2.88 bits per heavy atom. The number of hydrogen-bond acceptors (Lipinski definition) is 6. The zero-order valence-electron chi connectivity index (χ0n) is 13.6. The second-order valence-electron chi connectivity index (χ2n) is 5.53. The maximum absolute atomic E-state index is 12.4. The van der Waals surface area contributed by atoms with Crippen LogP contribution in [0.2, 0.25) is 0 Å². The molecule has 0 aromatic carbocycles. The molecule has 0 atom stereocenters. The first kappa shape index (κ1) is 16.5. The van der Waals surface area contributed by atoms with Gasteiger partial charge in [0.25, 0.3) is 5.91 Å². The summed E-state index contributed by atoms with van der Waals surface area (Å²) in [7, 11) is 1.78. The van der Waals surface area contributed by atoms with Crippen molar-refractivity contribution in [1.82, 2.24) is 29.9 Å². The fourth-order valence-corrected chi connectivity index (χ4v) is 3.44. The standard InChI is InChI=1S/C14H19N7O2S/c1-3-10-16-14(18-17-10)24-7-11(22)21-5-4-9-8(6-21)12(13(15)23)19-20(9)2/h3-7H2,1-2H3,(H2,15,23)(H,16,17,18). The van der Waals surface area contributed by atoms with Gasteiger partial charge in [-0.05, 0) is 0 Å². The molecule has 0 unspecified atom stereocenters. The molecule has 3 N–H and O–H groups in total. The minimum absolute atomic E-state index is 0.0206. The number of H-pyrrole nitrogens is 1. The maximum Gasteiger partial charge on any atom is 0.269 e. The van der Waals surface area contributed by atoms with Crippen LogP contribution in [0.15, 0.2) is 5.16 Å². The molecule has 2 amide bonds. The second kappa shape index (κ2) is 6.63. The van der Waals surface area contributed by atoms with E-state index in [0.717, 1.165) is 23.5 Å². The second-order valence-corrected chi connectivity index (χ2v) is 6.48. The number of nitrogens with one attached hydrogen (secondary N) is 1. The van der Waals surface area contributed by atoms with Gasteiger partial charge in [0.05, 0.1) is 5.75 Å². The van der Waals surface area contributed by atoms with Crippen molar-refractivity contribution in [3.8, 4) is 0 Å². The number of nitrogens with zero attached hydrogens (tertiary/aromatic N) is 5. The summed E-state index contributed by atoms with van der Waals surface area (Å²) >= 11 is 1.30. The Morgan fingerprint density at radius 2 is 2.21 bits per heavy atom. The van der Waals surface area contributed by atoms with Crippen molar-refractivity contribution in [3.63, 3.8) is 0 Å². The lowest BCUT2D eigenvalue weighted by atomic mass is 10.0. The summed E-state index contributed by atoms with van der Waals surface area (Å²) < 4.78 is 1.67. The van der Waals surface area contributed by atoms with E-state index in [-0.39, 0.29) is 17.4 Å². The molecule has 0 bridgehead atoms. The third kappa shape index (κ3) is 3.14. The Kier molecular flexibility index (Phi) is 4.56. The molecule has 3 heterocycles. The van der Waals surface area contributed by atoms with Gasteiger partial charge in [-0.2, -0.15) is 5.10 Å². The summed E-state index contributed by atoms with van der Waals surface area (Å²) in [5.74, 6) is 0.466. The van der Waals surface area contributed by atoms with E-state index in [9.17, 15) is 9.59 Å². The molecule has 10 heteroatoms.